The molecule has 4 heteroatoms. The van der Waals surface area contributed by atoms with Gasteiger partial charge in [0.25, 0.3) is 0 Å². The van der Waals surface area contributed by atoms with Gasteiger partial charge in [0.05, 0.1) is 39.3 Å². The molecule has 45 heavy (non-hydrogen) atoms. The molecule has 4 nitrogen and oxygen atoms in total. The number of furan rings is 1. The molecule has 0 bridgehead atoms. The Morgan fingerprint density at radius 2 is 1.07 bits per heavy atom. The van der Waals surface area contributed by atoms with Crippen LogP contribution in [0.1, 0.15) is 0 Å². The van der Waals surface area contributed by atoms with Crippen molar-refractivity contribution in [2.75, 3.05) is 0 Å². The second kappa shape index (κ2) is 9.18. The number of rotatable bonds is 3. The van der Waals surface area contributed by atoms with Crippen LogP contribution in [0, 0.1) is 0 Å². The molecule has 0 aliphatic rings. The molecule has 0 atom stereocenters. The normalized spacial score (nSPS) is 12.0. The molecule has 210 valence electrons. The highest BCUT2D eigenvalue weighted by Gasteiger charge is 2.20. The highest BCUT2D eigenvalue weighted by Crippen LogP contribution is 2.42. The van der Waals surface area contributed by atoms with Gasteiger partial charge in [0.1, 0.15) is 11.2 Å². The summed E-state index contributed by atoms with van der Waals surface area (Å²) < 4.78 is 11.4. The van der Waals surface area contributed by atoms with Crippen molar-refractivity contribution < 1.29 is 4.42 Å². The molecule has 4 aromatic heterocycles. The van der Waals surface area contributed by atoms with Crippen molar-refractivity contribution in [2.45, 2.75) is 0 Å². The highest BCUT2D eigenvalue weighted by atomic mass is 16.3. The minimum Gasteiger partial charge on any atom is -0.455 e. The van der Waals surface area contributed by atoms with Crippen LogP contribution in [0.5, 0.6) is 0 Å². The van der Waals surface area contributed by atoms with Gasteiger partial charge >= 0.3 is 0 Å². The fourth-order valence-electron chi connectivity index (χ4n) is 7.23. The summed E-state index contributed by atoms with van der Waals surface area (Å²) in [5.74, 6) is 0. The van der Waals surface area contributed by atoms with Gasteiger partial charge in [-0.1, -0.05) is 84.9 Å². The Labute approximate surface area is 258 Å². The zero-order chi connectivity index (χ0) is 29.5. The molecule has 0 aliphatic heterocycles. The van der Waals surface area contributed by atoms with Gasteiger partial charge in [-0.05, 0) is 60.2 Å². The molecule has 0 radical (unpaired) electrons. The van der Waals surface area contributed by atoms with Crippen LogP contribution in [0.2, 0.25) is 0 Å². The van der Waals surface area contributed by atoms with Crippen LogP contribution in [0.4, 0.5) is 0 Å². The molecule has 10 aromatic rings. The first-order valence-corrected chi connectivity index (χ1v) is 15.2. The van der Waals surface area contributed by atoms with E-state index in [0.29, 0.717) is 0 Å². The summed E-state index contributed by atoms with van der Waals surface area (Å²) in [5.41, 5.74) is 10.8. The van der Waals surface area contributed by atoms with E-state index < -0.39 is 0 Å². The van der Waals surface area contributed by atoms with E-state index >= 15 is 0 Å². The molecule has 0 saturated heterocycles. The van der Waals surface area contributed by atoms with Gasteiger partial charge in [-0.25, -0.2) is 0 Å². The average Bonchev–Trinajstić information content (AvgIpc) is 3.76. The van der Waals surface area contributed by atoms with Crippen molar-refractivity contribution in [1.82, 2.24) is 14.1 Å². The van der Waals surface area contributed by atoms with Gasteiger partial charge in [-0.3, -0.25) is 4.98 Å². The van der Waals surface area contributed by atoms with E-state index in [1.54, 1.807) is 0 Å². The number of hydrogen-bond acceptors (Lipinski definition) is 2. The molecule has 0 spiro atoms. The zero-order valence-electron chi connectivity index (χ0n) is 24.2. The molecular formula is C41H25N3O. The monoisotopic (exact) mass is 575 g/mol. The standard InChI is InChI=1S/C41H25N3O/c1-2-10-26(11-3-1)27-22-29(25-42-24-27)44-37-17-9-6-14-33(37)40-38(44)20-19-32-34-23-28(18-21-39(34)45-41(32)40)43-35-15-7-4-12-30(35)31-13-5-8-16-36(31)43/h1-25H. The summed E-state index contributed by atoms with van der Waals surface area (Å²) in [6, 6.07) is 49.5. The van der Waals surface area contributed by atoms with Gasteiger partial charge < -0.3 is 13.6 Å². The maximum absolute atomic E-state index is 6.73. The highest BCUT2D eigenvalue weighted by molar-refractivity contribution is 6.24. The predicted octanol–water partition coefficient (Wildman–Crippen LogP) is 10.8. The van der Waals surface area contributed by atoms with Gasteiger partial charge in [-0.15, -0.1) is 0 Å². The lowest BCUT2D eigenvalue weighted by molar-refractivity contribution is 0.673. The van der Waals surface area contributed by atoms with E-state index in [-0.39, 0.29) is 0 Å². The van der Waals surface area contributed by atoms with Crippen LogP contribution in [0.25, 0.3) is 88.1 Å². The minimum atomic E-state index is 0.881. The molecule has 4 heterocycles. The first-order valence-electron chi connectivity index (χ1n) is 15.2. The quantitative estimate of drug-likeness (QED) is 0.210. The van der Waals surface area contributed by atoms with E-state index in [2.05, 4.69) is 148 Å². The predicted molar refractivity (Wildman–Crippen MR) is 186 cm³/mol. The third-order valence-electron chi connectivity index (χ3n) is 9.18. The molecule has 0 amide bonds. The summed E-state index contributed by atoms with van der Waals surface area (Å²) in [6.07, 6.45) is 3.87. The number of pyridine rings is 1. The number of para-hydroxylation sites is 3. The van der Waals surface area contributed by atoms with Gasteiger partial charge in [0.2, 0.25) is 0 Å². The zero-order valence-corrected chi connectivity index (χ0v) is 24.2. The van der Waals surface area contributed by atoms with Crippen molar-refractivity contribution in [2.24, 2.45) is 0 Å². The first kappa shape index (κ1) is 24.3. The van der Waals surface area contributed by atoms with Crippen LogP contribution >= 0.6 is 0 Å². The lowest BCUT2D eigenvalue weighted by Gasteiger charge is -2.09. The first-order chi connectivity index (χ1) is 22.3. The van der Waals surface area contributed by atoms with E-state index in [1.807, 2.05) is 18.5 Å². The van der Waals surface area contributed by atoms with Crippen molar-refractivity contribution >= 4 is 65.6 Å². The average molecular weight is 576 g/mol. The molecule has 0 fully saturated rings. The smallest absolute Gasteiger partial charge is 0.145 e. The maximum Gasteiger partial charge on any atom is 0.145 e. The number of nitrogens with zero attached hydrogens (tertiary/aromatic N) is 3. The Morgan fingerprint density at radius 3 is 1.82 bits per heavy atom. The Hall–Kier alpha value is -6.13. The molecule has 0 aliphatic carbocycles. The summed E-state index contributed by atoms with van der Waals surface area (Å²) >= 11 is 0. The maximum atomic E-state index is 6.73. The number of hydrogen-bond donors (Lipinski definition) is 0. The van der Waals surface area contributed by atoms with Crippen molar-refractivity contribution in [3.8, 4) is 22.5 Å². The third-order valence-corrected chi connectivity index (χ3v) is 9.18. The molecule has 0 unspecified atom stereocenters. The van der Waals surface area contributed by atoms with Crippen LogP contribution in [0.3, 0.4) is 0 Å². The van der Waals surface area contributed by atoms with E-state index in [4.69, 9.17) is 4.42 Å². The van der Waals surface area contributed by atoms with E-state index in [1.165, 1.54) is 21.8 Å². The van der Waals surface area contributed by atoms with Crippen molar-refractivity contribution in [3.05, 3.63) is 152 Å². The second-order valence-corrected chi connectivity index (χ2v) is 11.6. The fourth-order valence-corrected chi connectivity index (χ4v) is 7.23. The molecule has 10 rings (SSSR count). The fraction of sp³-hybridized carbons (Fsp3) is 0. The second-order valence-electron chi connectivity index (χ2n) is 11.6. The van der Waals surface area contributed by atoms with Gasteiger partial charge in [0, 0.05) is 44.4 Å². The van der Waals surface area contributed by atoms with Crippen LogP contribution in [0.15, 0.2) is 156 Å². The number of aromatic nitrogens is 3. The molecule has 6 aromatic carbocycles. The lowest BCUT2D eigenvalue weighted by atomic mass is 10.1. The van der Waals surface area contributed by atoms with Gasteiger partial charge in [-0.2, -0.15) is 0 Å². The van der Waals surface area contributed by atoms with E-state index in [0.717, 1.165) is 66.2 Å². The Bertz CT molecular complexity index is 2710. The van der Waals surface area contributed by atoms with Crippen LogP contribution in [-0.2, 0) is 0 Å². The summed E-state index contributed by atoms with van der Waals surface area (Å²) in [4.78, 5) is 4.66. The van der Waals surface area contributed by atoms with Crippen LogP contribution < -0.4 is 0 Å². The summed E-state index contributed by atoms with van der Waals surface area (Å²) in [6.45, 7) is 0. The van der Waals surface area contributed by atoms with Crippen molar-refractivity contribution in [1.29, 1.82) is 0 Å². The molecule has 0 N–H and O–H groups in total. The van der Waals surface area contributed by atoms with Crippen molar-refractivity contribution in [3.63, 3.8) is 0 Å². The SMILES string of the molecule is c1ccc(-c2cncc(-n3c4ccccc4c4c5oc6ccc(-n7c8ccccc8c8ccccc87)cc6c5ccc43)c2)cc1. The van der Waals surface area contributed by atoms with Crippen LogP contribution in [-0.4, -0.2) is 14.1 Å². The lowest BCUT2D eigenvalue weighted by Crippen LogP contribution is -1.95. The summed E-state index contributed by atoms with van der Waals surface area (Å²) in [7, 11) is 0. The van der Waals surface area contributed by atoms with E-state index in [9.17, 15) is 0 Å². The number of benzene rings is 6. The minimum absolute atomic E-state index is 0.881. The largest absolute Gasteiger partial charge is 0.455 e. The molecule has 0 saturated carbocycles. The topological polar surface area (TPSA) is 35.9 Å². The van der Waals surface area contributed by atoms with Gasteiger partial charge in [0.15, 0.2) is 0 Å². The molecular weight excluding hydrogens is 550 g/mol. The number of fused-ring (bicyclic) bond motifs is 10. The summed E-state index contributed by atoms with van der Waals surface area (Å²) in [5, 5.41) is 7.00. The third kappa shape index (κ3) is 3.45. The Balaban J connectivity index is 1.23. The Kier molecular flexibility index (Phi) is 4.96. The Morgan fingerprint density at radius 1 is 0.422 bits per heavy atom.